The fourth-order valence-corrected chi connectivity index (χ4v) is 1.28. The van der Waals surface area contributed by atoms with Crippen molar-refractivity contribution >= 4 is 0 Å². The van der Waals surface area contributed by atoms with Gasteiger partial charge in [-0.05, 0) is 18.1 Å². The summed E-state index contributed by atoms with van der Waals surface area (Å²) in [6, 6.07) is 5.46. The van der Waals surface area contributed by atoms with Crippen molar-refractivity contribution in [1.29, 1.82) is 5.26 Å². The van der Waals surface area contributed by atoms with Gasteiger partial charge in [0.25, 0.3) is 5.95 Å². The van der Waals surface area contributed by atoms with Crippen LogP contribution in [0.2, 0.25) is 0 Å². The van der Waals surface area contributed by atoms with Crippen molar-refractivity contribution < 1.29 is 0 Å². The van der Waals surface area contributed by atoms with Gasteiger partial charge in [-0.3, -0.25) is 0 Å². The maximum Gasteiger partial charge on any atom is 0.251 e. The van der Waals surface area contributed by atoms with E-state index in [0.29, 0.717) is 17.6 Å². The molecule has 0 fully saturated rings. The molecular weight excluding hydrogens is 202 g/mol. The molecule has 2 heterocycles. The molecule has 0 unspecified atom stereocenters. The lowest BCUT2D eigenvalue weighted by atomic mass is 10.1. The van der Waals surface area contributed by atoms with E-state index in [0.717, 1.165) is 5.69 Å². The van der Waals surface area contributed by atoms with E-state index >= 15 is 0 Å². The normalized spacial score (nSPS) is 10.4. The molecule has 0 spiro atoms. The van der Waals surface area contributed by atoms with E-state index in [4.69, 9.17) is 5.26 Å². The van der Waals surface area contributed by atoms with Gasteiger partial charge in [0.05, 0.1) is 5.69 Å². The van der Waals surface area contributed by atoms with Crippen LogP contribution in [-0.4, -0.2) is 19.7 Å². The Labute approximate surface area is 93.4 Å². The highest BCUT2D eigenvalue weighted by atomic mass is 15.3. The Morgan fingerprint density at radius 2 is 2.19 bits per heavy atom. The van der Waals surface area contributed by atoms with Crippen molar-refractivity contribution in [3.8, 4) is 12.0 Å². The summed E-state index contributed by atoms with van der Waals surface area (Å²) in [6.45, 7) is 4.14. The van der Waals surface area contributed by atoms with Crippen molar-refractivity contribution in [2.24, 2.45) is 0 Å². The molecule has 2 rings (SSSR count). The zero-order valence-electron chi connectivity index (χ0n) is 9.12. The third-order valence-corrected chi connectivity index (χ3v) is 2.16. The van der Waals surface area contributed by atoms with E-state index < -0.39 is 0 Å². The van der Waals surface area contributed by atoms with E-state index in [1.807, 2.05) is 12.1 Å². The molecule has 16 heavy (non-hydrogen) atoms. The standard InChI is InChI=1S/C11H11N5/c1-8(2)10-4-6-16(15-10)11-13-5-3-9(7-12)14-11/h3-6,8H,1-2H3. The average molecular weight is 213 g/mol. The lowest BCUT2D eigenvalue weighted by molar-refractivity contribution is 0.741. The Morgan fingerprint density at radius 3 is 2.81 bits per heavy atom. The number of aromatic nitrogens is 4. The van der Waals surface area contributed by atoms with Gasteiger partial charge in [0, 0.05) is 12.4 Å². The van der Waals surface area contributed by atoms with Gasteiger partial charge in [0.15, 0.2) is 0 Å². The monoisotopic (exact) mass is 213 g/mol. The van der Waals surface area contributed by atoms with Gasteiger partial charge in [-0.25, -0.2) is 14.6 Å². The highest BCUT2D eigenvalue weighted by molar-refractivity contribution is 5.23. The minimum Gasteiger partial charge on any atom is -0.220 e. The summed E-state index contributed by atoms with van der Waals surface area (Å²) in [5.74, 6) is 0.784. The van der Waals surface area contributed by atoms with Gasteiger partial charge in [-0.1, -0.05) is 13.8 Å². The van der Waals surface area contributed by atoms with Gasteiger partial charge in [0.1, 0.15) is 11.8 Å². The van der Waals surface area contributed by atoms with Gasteiger partial charge in [0.2, 0.25) is 0 Å². The number of rotatable bonds is 2. The van der Waals surface area contributed by atoms with Crippen molar-refractivity contribution in [3.63, 3.8) is 0 Å². The van der Waals surface area contributed by atoms with Crippen LogP contribution in [0.25, 0.3) is 5.95 Å². The first kappa shape index (κ1) is 10.3. The smallest absolute Gasteiger partial charge is 0.220 e. The quantitative estimate of drug-likeness (QED) is 0.760. The molecule has 0 amide bonds. The molecule has 0 N–H and O–H groups in total. The first-order valence-corrected chi connectivity index (χ1v) is 5.00. The van der Waals surface area contributed by atoms with Crippen molar-refractivity contribution in [1.82, 2.24) is 19.7 Å². The molecule has 0 bridgehead atoms. The fraction of sp³-hybridized carbons (Fsp3) is 0.273. The summed E-state index contributed by atoms with van der Waals surface area (Å²) < 4.78 is 1.58. The van der Waals surface area contributed by atoms with E-state index in [-0.39, 0.29) is 0 Å². The van der Waals surface area contributed by atoms with Gasteiger partial charge < -0.3 is 0 Å². The highest BCUT2D eigenvalue weighted by Gasteiger charge is 2.06. The van der Waals surface area contributed by atoms with Crippen LogP contribution in [0.4, 0.5) is 0 Å². The van der Waals surface area contributed by atoms with E-state index in [2.05, 4.69) is 28.9 Å². The number of nitriles is 1. The summed E-state index contributed by atoms with van der Waals surface area (Å²) >= 11 is 0. The molecule has 2 aromatic heterocycles. The first-order valence-electron chi connectivity index (χ1n) is 5.00. The number of nitrogens with zero attached hydrogens (tertiary/aromatic N) is 5. The molecule has 0 atom stereocenters. The van der Waals surface area contributed by atoms with E-state index in [1.54, 1.807) is 23.1 Å². The predicted octanol–water partition coefficient (Wildman–Crippen LogP) is 1.66. The lowest BCUT2D eigenvalue weighted by Gasteiger charge is -2.00. The summed E-state index contributed by atoms with van der Waals surface area (Å²) in [5.41, 5.74) is 1.32. The maximum absolute atomic E-state index is 8.73. The second-order valence-electron chi connectivity index (χ2n) is 3.69. The molecule has 5 nitrogen and oxygen atoms in total. The molecule has 80 valence electrons. The third-order valence-electron chi connectivity index (χ3n) is 2.16. The van der Waals surface area contributed by atoms with E-state index in [9.17, 15) is 0 Å². The molecular formula is C11H11N5. The van der Waals surface area contributed by atoms with Crippen LogP contribution in [0.5, 0.6) is 0 Å². The maximum atomic E-state index is 8.73. The van der Waals surface area contributed by atoms with Crippen LogP contribution in [0.3, 0.4) is 0 Å². The SMILES string of the molecule is CC(C)c1ccn(-c2nccc(C#N)n2)n1. The third kappa shape index (κ3) is 1.91. The van der Waals surface area contributed by atoms with Crippen LogP contribution < -0.4 is 0 Å². The molecule has 5 heteroatoms. The molecule has 0 aliphatic carbocycles. The van der Waals surface area contributed by atoms with Crippen LogP contribution in [0.15, 0.2) is 24.5 Å². The second-order valence-corrected chi connectivity index (χ2v) is 3.69. The number of hydrogen-bond donors (Lipinski definition) is 0. The Morgan fingerprint density at radius 1 is 1.38 bits per heavy atom. The largest absolute Gasteiger partial charge is 0.251 e. The van der Waals surface area contributed by atoms with Crippen molar-refractivity contribution in [2.75, 3.05) is 0 Å². The summed E-state index contributed by atoms with van der Waals surface area (Å²) in [4.78, 5) is 8.13. The Bertz CT molecular complexity index is 535. The Balaban J connectivity index is 2.39. The Hall–Kier alpha value is -2.22. The fourth-order valence-electron chi connectivity index (χ4n) is 1.28. The van der Waals surface area contributed by atoms with Crippen LogP contribution in [-0.2, 0) is 0 Å². The summed E-state index contributed by atoms with van der Waals surface area (Å²) in [5, 5.41) is 13.1. The number of hydrogen-bond acceptors (Lipinski definition) is 4. The summed E-state index contributed by atoms with van der Waals surface area (Å²) in [7, 11) is 0. The van der Waals surface area contributed by atoms with Crippen molar-refractivity contribution in [3.05, 3.63) is 35.9 Å². The molecule has 0 radical (unpaired) electrons. The molecule has 0 saturated carbocycles. The van der Waals surface area contributed by atoms with Gasteiger partial charge in [-0.15, -0.1) is 0 Å². The van der Waals surface area contributed by atoms with Gasteiger partial charge >= 0.3 is 0 Å². The first-order chi connectivity index (χ1) is 7.70. The molecule has 0 aliphatic heterocycles. The topological polar surface area (TPSA) is 67.4 Å². The van der Waals surface area contributed by atoms with E-state index in [1.165, 1.54) is 0 Å². The average Bonchev–Trinajstić information content (AvgIpc) is 2.78. The van der Waals surface area contributed by atoms with Crippen LogP contribution in [0.1, 0.15) is 31.2 Å². The second kappa shape index (κ2) is 4.11. The summed E-state index contributed by atoms with van der Waals surface area (Å²) in [6.07, 6.45) is 3.35. The minimum absolute atomic E-state index is 0.339. The Kier molecular flexibility index (Phi) is 2.64. The zero-order valence-corrected chi connectivity index (χ0v) is 9.12. The molecule has 2 aromatic rings. The zero-order chi connectivity index (χ0) is 11.5. The predicted molar refractivity (Wildman–Crippen MR) is 58.0 cm³/mol. The van der Waals surface area contributed by atoms with Crippen LogP contribution >= 0.6 is 0 Å². The van der Waals surface area contributed by atoms with Crippen LogP contribution in [0, 0.1) is 11.3 Å². The molecule has 0 aliphatic rings. The van der Waals surface area contributed by atoms with Crippen molar-refractivity contribution in [2.45, 2.75) is 19.8 Å². The lowest BCUT2D eigenvalue weighted by Crippen LogP contribution is -2.03. The molecule has 0 aromatic carbocycles. The van der Waals surface area contributed by atoms with Gasteiger partial charge in [-0.2, -0.15) is 10.4 Å². The molecule has 0 saturated heterocycles. The minimum atomic E-state index is 0.339. The highest BCUT2D eigenvalue weighted by Crippen LogP contribution is 2.11.